The number of hydrogen-bond donors (Lipinski definition) is 0. The first-order valence-corrected chi connectivity index (χ1v) is 7.38. The highest BCUT2D eigenvalue weighted by Gasteiger charge is 2.23. The van der Waals surface area contributed by atoms with Crippen LogP contribution in [0.4, 0.5) is 9.18 Å². The van der Waals surface area contributed by atoms with Crippen LogP contribution < -0.4 is 0 Å². The molecule has 24 heavy (non-hydrogen) atoms. The summed E-state index contributed by atoms with van der Waals surface area (Å²) in [4.78, 5) is 17.5. The predicted octanol–water partition coefficient (Wildman–Crippen LogP) is 3.04. The number of aromatic nitrogens is 4. The second kappa shape index (κ2) is 6.72. The van der Waals surface area contributed by atoms with E-state index in [0.29, 0.717) is 4.80 Å². The number of halogens is 2. The molecule has 0 spiro atoms. The molecule has 0 aliphatic carbocycles. The van der Waals surface area contributed by atoms with E-state index >= 15 is 0 Å². The van der Waals surface area contributed by atoms with Gasteiger partial charge in [-0.2, -0.15) is 15.0 Å². The Morgan fingerprint density at radius 1 is 1.50 bits per heavy atom. The van der Waals surface area contributed by atoms with E-state index in [1.807, 2.05) is 0 Å². The summed E-state index contributed by atoms with van der Waals surface area (Å²) in [6, 6.07) is 1.30. The molecule has 7 nitrogen and oxygen atoms in total. The molecule has 1 amide bonds. The summed E-state index contributed by atoms with van der Waals surface area (Å²) in [7, 11) is 1.45. The van der Waals surface area contributed by atoms with Crippen molar-refractivity contribution in [2.45, 2.75) is 32.9 Å². The lowest BCUT2D eigenvalue weighted by Gasteiger charge is -2.24. The fourth-order valence-electron chi connectivity index (χ4n) is 1.88. The van der Waals surface area contributed by atoms with Gasteiger partial charge in [-0.05, 0) is 26.8 Å². The Kier molecular flexibility index (Phi) is 3.96. The number of ether oxygens (including phenoxy) is 1. The van der Waals surface area contributed by atoms with Crippen LogP contribution in [0.3, 0.4) is 0 Å². The first kappa shape index (κ1) is 14.2. The van der Waals surface area contributed by atoms with Crippen molar-refractivity contribution in [2.24, 2.45) is 6.98 Å². The van der Waals surface area contributed by atoms with Crippen LogP contribution in [0.2, 0.25) is 5.15 Å². The molecule has 0 radical (unpaired) electrons. The SMILES string of the molecule is [2H]C([2H])([2H])n1nc(CN(C)C(=O)OC(C)(C)C)c(-c2ccnc(Cl)c2F)n1. The summed E-state index contributed by atoms with van der Waals surface area (Å²) in [6.07, 6.45) is 0.612. The molecule has 0 bridgehead atoms. The minimum Gasteiger partial charge on any atom is -0.444 e. The van der Waals surface area contributed by atoms with Gasteiger partial charge in [0.05, 0.1) is 6.54 Å². The maximum Gasteiger partial charge on any atom is 0.410 e. The maximum absolute atomic E-state index is 14.4. The van der Waals surface area contributed by atoms with Gasteiger partial charge in [-0.15, -0.1) is 0 Å². The first-order chi connectivity index (χ1) is 12.3. The second-order valence-electron chi connectivity index (χ2n) is 6.08. The summed E-state index contributed by atoms with van der Waals surface area (Å²) in [5.74, 6) is -0.863. The average Bonchev–Trinajstić information content (AvgIpc) is 2.92. The molecule has 0 saturated carbocycles. The third-order valence-corrected chi connectivity index (χ3v) is 3.14. The van der Waals surface area contributed by atoms with Crippen LogP contribution in [0.1, 0.15) is 30.6 Å². The van der Waals surface area contributed by atoms with E-state index in [9.17, 15) is 9.18 Å². The van der Waals surface area contributed by atoms with Crippen LogP contribution in [0.25, 0.3) is 11.3 Å². The van der Waals surface area contributed by atoms with E-state index in [-0.39, 0.29) is 28.6 Å². The fraction of sp³-hybridized carbons (Fsp3) is 0.467. The molecule has 0 fully saturated rings. The highest BCUT2D eigenvalue weighted by molar-refractivity contribution is 6.29. The maximum atomic E-state index is 14.4. The van der Waals surface area contributed by atoms with Gasteiger partial charge in [0.15, 0.2) is 11.0 Å². The highest BCUT2D eigenvalue weighted by atomic mass is 35.5. The number of carbonyl (C=O) groups excluding carboxylic acids is 1. The summed E-state index contributed by atoms with van der Waals surface area (Å²) in [6.45, 7) is 2.31. The normalized spacial score (nSPS) is 13.8. The zero-order valence-corrected chi connectivity index (χ0v) is 14.4. The molecule has 0 unspecified atom stereocenters. The van der Waals surface area contributed by atoms with E-state index in [2.05, 4.69) is 15.2 Å². The molecule has 0 atom stereocenters. The Labute approximate surface area is 148 Å². The van der Waals surface area contributed by atoms with Crippen LogP contribution >= 0.6 is 11.6 Å². The van der Waals surface area contributed by atoms with Gasteiger partial charge in [0.25, 0.3) is 0 Å². The van der Waals surface area contributed by atoms with E-state index in [1.165, 1.54) is 24.2 Å². The summed E-state index contributed by atoms with van der Waals surface area (Å²) < 4.78 is 42.0. The van der Waals surface area contributed by atoms with Gasteiger partial charge in [-0.3, -0.25) is 0 Å². The number of amides is 1. The number of nitrogens with zero attached hydrogens (tertiary/aromatic N) is 5. The van der Waals surface area contributed by atoms with Gasteiger partial charge >= 0.3 is 6.09 Å². The second-order valence-corrected chi connectivity index (χ2v) is 6.44. The predicted molar refractivity (Wildman–Crippen MR) is 86.9 cm³/mol. The van der Waals surface area contributed by atoms with Gasteiger partial charge in [-0.1, -0.05) is 11.6 Å². The molecule has 9 heteroatoms. The molecule has 130 valence electrons. The standard InChI is InChI=1S/C15H19ClFN5O2/c1-15(2,3)24-14(23)21(4)8-10-12(20-22(5)19-10)9-6-7-18-13(16)11(9)17/h6-7H,8H2,1-5H3/i5D3. The van der Waals surface area contributed by atoms with Gasteiger partial charge in [0.1, 0.15) is 17.0 Å². The quantitative estimate of drug-likeness (QED) is 0.788. The monoisotopic (exact) mass is 358 g/mol. The lowest BCUT2D eigenvalue weighted by Crippen LogP contribution is -2.34. The number of aryl methyl sites for hydroxylation is 1. The Balaban J connectivity index is 2.44. The van der Waals surface area contributed by atoms with Crippen LogP contribution in [0.15, 0.2) is 12.3 Å². The Morgan fingerprint density at radius 2 is 2.21 bits per heavy atom. The molecule has 0 aliphatic heterocycles. The van der Waals surface area contributed by atoms with Gasteiger partial charge < -0.3 is 9.64 Å². The van der Waals surface area contributed by atoms with Crippen molar-refractivity contribution < 1.29 is 18.0 Å². The van der Waals surface area contributed by atoms with Crippen LogP contribution in [-0.2, 0) is 18.3 Å². The molecular weight excluding hydrogens is 337 g/mol. The van der Waals surface area contributed by atoms with Crippen molar-refractivity contribution in [1.82, 2.24) is 24.9 Å². The molecule has 0 aliphatic rings. The minimum atomic E-state index is -2.68. The summed E-state index contributed by atoms with van der Waals surface area (Å²) in [5, 5.41) is 7.40. The van der Waals surface area contributed by atoms with Crippen LogP contribution in [0, 0.1) is 5.82 Å². The molecule has 0 N–H and O–H groups in total. The Morgan fingerprint density at radius 3 is 2.83 bits per heavy atom. The van der Waals surface area contributed by atoms with Gasteiger partial charge in [-0.25, -0.2) is 14.2 Å². The molecule has 2 heterocycles. The van der Waals surface area contributed by atoms with Crippen LogP contribution in [0.5, 0.6) is 0 Å². The number of rotatable bonds is 3. The van der Waals surface area contributed by atoms with E-state index in [1.54, 1.807) is 20.8 Å². The number of pyridine rings is 1. The molecule has 2 rings (SSSR count). The smallest absolute Gasteiger partial charge is 0.410 e. The summed E-state index contributed by atoms with van der Waals surface area (Å²) >= 11 is 5.70. The lowest BCUT2D eigenvalue weighted by atomic mass is 10.1. The van der Waals surface area contributed by atoms with E-state index in [4.69, 9.17) is 20.5 Å². The minimum absolute atomic E-state index is 0.0525. The first-order valence-electron chi connectivity index (χ1n) is 8.51. The fourth-order valence-corrected chi connectivity index (χ4v) is 2.04. The third-order valence-electron chi connectivity index (χ3n) is 2.88. The van der Waals surface area contributed by atoms with Crippen molar-refractivity contribution in [1.29, 1.82) is 0 Å². The zero-order chi connectivity index (χ0) is 20.6. The number of hydrogen-bond acceptors (Lipinski definition) is 5. The van der Waals surface area contributed by atoms with Gasteiger partial charge in [0.2, 0.25) is 0 Å². The lowest BCUT2D eigenvalue weighted by molar-refractivity contribution is 0.0283. The van der Waals surface area contributed by atoms with Crippen molar-refractivity contribution >= 4 is 17.7 Å². The van der Waals surface area contributed by atoms with Gasteiger partial charge in [0, 0.05) is 29.9 Å². The Bertz CT molecular complexity index is 851. The van der Waals surface area contributed by atoms with Crippen molar-refractivity contribution in [3.63, 3.8) is 0 Å². The van der Waals surface area contributed by atoms with Crippen LogP contribution in [-0.4, -0.2) is 43.6 Å². The highest BCUT2D eigenvalue weighted by Crippen LogP contribution is 2.27. The van der Waals surface area contributed by atoms with Crippen molar-refractivity contribution in [3.8, 4) is 11.3 Å². The molecule has 2 aromatic heterocycles. The largest absolute Gasteiger partial charge is 0.444 e. The van der Waals surface area contributed by atoms with E-state index < -0.39 is 24.5 Å². The Hall–Kier alpha value is -2.22. The van der Waals surface area contributed by atoms with Crippen molar-refractivity contribution in [3.05, 3.63) is 28.9 Å². The molecule has 0 aromatic carbocycles. The molecule has 2 aromatic rings. The molecule has 0 saturated heterocycles. The zero-order valence-electron chi connectivity index (χ0n) is 16.7. The summed E-state index contributed by atoms with van der Waals surface area (Å²) in [5.41, 5.74) is -0.767. The van der Waals surface area contributed by atoms with Crippen molar-refractivity contribution in [2.75, 3.05) is 7.05 Å². The molecular formula is C15H19ClFN5O2. The number of carbonyl (C=O) groups is 1. The average molecular weight is 359 g/mol. The topological polar surface area (TPSA) is 73.1 Å². The van der Waals surface area contributed by atoms with E-state index in [0.717, 1.165) is 0 Å². The third kappa shape index (κ3) is 4.19.